The van der Waals surface area contributed by atoms with Gasteiger partial charge in [0.05, 0.1) is 5.92 Å². The van der Waals surface area contributed by atoms with E-state index in [1.165, 1.54) is 31.3 Å². The maximum Gasteiger partial charge on any atom is 0.312 e. The Morgan fingerprint density at radius 1 is 1.25 bits per heavy atom. The molecule has 1 aliphatic rings. The van der Waals surface area contributed by atoms with Crippen molar-refractivity contribution < 1.29 is 9.90 Å². The number of carboxylic acids is 1. The van der Waals surface area contributed by atoms with Gasteiger partial charge >= 0.3 is 5.97 Å². The molecule has 0 bridgehead atoms. The quantitative estimate of drug-likeness (QED) is 0.592. The summed E-state index contributed by atoms with van der Waals surface area (Å²) in [5, 5.41) is 12.6. The minimum absolute atomic E-state index is 0.462. The lowest BCUT2D eigenvalue weighted by molar-refractivity contribution is -0.138. The number of carboxylic acid groups (broad SMARTS) is 1. The number of hydrogen-bond acceptors (Lipinski definition) is 2. The van der Waals surface area contributed by atoms with Crippen molar-refractivity contribution in [2.45, 2.75) is 38.0 Å². The van der Waals surface area contributed by atoms with Crippen LogP contribution in [0.1, 0.15) is 43.6 Å². The number of rotatable bonds is 7. The number of allylic oxidation sites excluding steroid dienone is 1. The second-order valence-corrected chi connectivity index (χ2v) is 5.36. The first-order chi connectivity index (χ1) is 9.77. The zero-order valence-corrected chi connectivity index (χ0v) is 11.8. The van der Waals surface area contributed by atoms with Crippen molar-refractivity contribution >= 4 is 5.97 Å². The smallest absolute Gasteiger partial charge is 0.312 e. The van der Waals surface area contributed by atoms with Gasteiger partial charge in [0, 0.05) is 6.54 Å². The molecule has 0 fully saturated rings. The Labute approximate surface area is 120 Å². The molecule has 0 spiro atoms. The number of nitrogens with one attached hydrogen (secondary N) is 1. The highest BCUT2D eigenvalue weighted by atomic mass is 16.4. The molecule has 108 valence electrons. The van der Waals surface area contributed by atoms with Crippen molar-refractivity contribution in [3.8, 4) is 0 Å². The van der Waals surface area contributed by atoms with Crippen molar-refractivity contribution in [1.29, 1.82) is 0 Å². The molecular weight excluding hydrogens is 250 g/mol. The molecular formula is C17H23NO2. The van der Waals surface area contributed by atoms with Gasteiger partial charge in [0.15, 0.2) is 0 Å². The fourth-order valence-electron chi connectivity index (χ4n) is 2.66. The normalized spacial score (nSPS) is 16.5. The minimum Gasteiger partial charge on any atom is -0.481 e. The van der Waals surface area contributed by atoms with Gasteiger partial charge in [-0.2, -0.15) is 0 Å². The van der Waals surface area contributed by atoms with Gasteiger partial charge in [-0.3, -0.25) is 4.79 Å². The SMILES string of the molecule is O=C(O)C(CNCCC1=CCCCC1)c1ccccc1. The van der Waals surface area contributed by atoms with E-state index in [0.29, 0.717) is 6.54 Å². The van der Waals surface area contributed by atoms with Crippen LogP contribution in [-0.2, 0) is 4.79 Å². The van der Waals surface area contributed by atoms with Crippen molar-refractivity contribution in [3.05, 3.63) is 47.5 Å². The molecule has 1 aliphatic carbocycles. The van der Waals surface area contributed by atoms with E-state index in [-0.39, 0.29) is 0 Å². The van der Waals surface area contributed by atoms with Crippen LogP contribution < -0.4 is 5.32 Å². The molecule has 0 heterocycles. The molecule has 1 unspecified atom stereocenters. The van der Waals surface area contributed by atoms with E-state index in [0.717, 1.165) is 18.5 Å². The van der Waals surface area contributed by atoms with E-state index < -0.39 is 11.9 Å². The first-order valence-electron chi connectivity index (χ1n) is 7.44. The zero-order chi connectivity index (χ0) is 14.2. The molecule has 2 N–H and O–H groups in total. The summed E-state index contributed by atoms with van der Waals surface area (Å²) < 4.78 is 0. The van der Waals surface area contributed by atoms with E-state index in [9.17, 15) is 9.90 Å². The molecule has 0 aromatic heterocycles. The highest BCUT2D eigenvalue weighted by Crippen LogP contribution is 2.19. The molecule has 1 aromatic carbocycles. The summed E-state index contributed by atoms with van der Waals surface area (Å²) in [6.45, 7) is 1.36. The van der Waals surface area contributed by atoms with Crippen molar-refractivity contribution in [3.63, 3.8) is 0 Å². The van der Waals surface area contributed by atoms with Crippen LogP contribution in [0.5, 0.6) is 0 Å². The molecule has 0 aliphatic heterocycles. The molecule has 1 aromatic rings. The molecule has 0 saturated carbocycles. The predicted octanol–water partition coefficient (Wildman–Crippen LogP) is 3.33. The monoisotopic (exact) mass is 273 g/mol. The molecule has 2 rings (SSSR count). The Morgan fingerprint density at radius 2 is 2.05 bits per heavy atom. The molecule has 0 saturated heterocycles. The van der Waals surface area contributed by atoms with Crippen LogP contribution >= 0.6 is 0 Å². The summed E-state index contributed by atoms with van der Waals surface area (Å²) in [4.78, 5) is 11.3. The lowest BCUT2D eigenvalue weighted by Gasteiger charge is -2.16. The van der Waals surface area contributed by atoms with E-state index in [4.69, 9.17) is 0 Å². The lowest BCUT2D eigenvalue weighted by Crippen LogP contribution is -2.27. The number of carbonyl (C=O) groups is 1. The summed E-state index contributed by atoms with van der Waals surface area (Å²) in [5.74, 6) is -1.22. The maximum atomic E-state index is 11.3. The van der Waals surface area contributed by atoms with Gasteiger partial charge in [-0.05, 0) is 44.2 Å². The first kappa shape index (κ1) is 14.8. The van der Waals surface area contributed by atoms with Gasteiger partial charge in [-0.25, -0.2) is 0 Å². The maximum absolute atomic E-state index is 11.3. The largest absolute Gasteiger partial charge is 0.481 e. The summed E-state index contributed by atoms with van der Waals surface area (Å²) in [7, 11) is 0. The van der Waals surface area contributed by atoms with E-state index in [1.54, 1.807) is 0 Å². The Hall–Kier alpha value is -1.61. The van der Waals surface area contributed by atoms with Gasteiger partial charge in [0.1, 0.15) is 0 Å². The highest BCUT2D eigenvalue weighted by Gasteiger charge is 2.18. The molecule has 20 heavy (non-hydrogen) atoms. The Morgan fingerprint density at radius 3 is 2.70 bits per heavy atom. The lowest BCUT2D eigenvalue weighted by atomic mass is 9.97. The molecule has 3 heteroatoms. The predicted molar refractivity (Wildman–Crippen MR) is 80.9 cm³/mol. The van der Waals surface area contributed by atoms with Crippen molar-refractivity contribution in [2.24, 2.45) is 0 Å². The third kappa shape index (κ3) is 4.49. The average molecular weight is 273 g/mol. The third-order valence-corrected chi connectivity index (χ3v) is 3.86. The summed E-state index contributed by atoms with van der Waals surface area (Å²) >= 11 is 0. The highest BCUT2D eigenvalue weighted by molar-refractivity contribution is 5.76. The molecule has 0 radical (unpaired) electrons. The fourth-order valence-corrected chi connectivity index (χ4v) is 2.66. The van der Waals surface area contributed by atoms with Crippen LogP contribution in [0, 0.1) is 0 Å². The first-order valence-corrected chi connectivity index (χ1v) is 7.44. The summed E-state index contributed by atoms with van der Waals surface area (Å²) in [6.07, 6.45) is 8.41. The van der Waals surface area contributed by atoms with Crippen LogP contribution in [-0.4, -0.2) is 24.2 Å². The topological polar surface area (TPSA) is 49.3 Å². The fraction of sp³-hybridized carbons (Fsp3) is 0.471. The van der Waals surface area contributed by atoms with Gasteiger partial charge in [-0.1, -0.05) is 42.0 Å². The van der Waals surface area contributed by atoms with Crippen LogP contribution in [0.4, 0.5) is 0 Å². The van der Waals surface area contributed by atoms with Crippen molar-refractivity contribution in [2.75, 3.05) is 13.1 Å². The zero-order valence-electron chi connectivity index (χ0n) is 11.8. The van der Waals surface area contributed by atoms with E-state index in [2.05, 4.69) is 11.4 Å². The number of benzene rings is 1. The van der Waals surface area contributed by atoms with Crippen LogP contribution in [0.3, 0.4) is 0 Å². The third-order valence-electron chi connectivity index (χ3n) is 3.86. The second kappa shape index (κ2) is 7.85. The van der Waals surface area contributed by atoms with E-state index >= 15 is 0 Å². The standard InChI is InChI=1S/C17H23NO2/c19-17(20)16(15-9-5-2-6-10-15)13-18-12-11-14-7-3-1-4-8-14/h2,5-7,9-10,16,18H,1,3-4,8,11-13H2,(H,19,20). The Balaban J connectivity index is 1.78. The van der Waals surface area contributed by atoms with Gasteiger partial charge in [0.2, 0.25) is 0 Å². The number of aliphatic carboxylic acids is 1. The van der Waals surface area contributed by atoms with Crippen molar-refractivity contribution in [1.82, 2.24) is 5.32 Å². The number of hydrogen-bond donors (Lipinski definition) is 2. The van der Waals surface area contributed by atoms with E-state index in [1.807, 2.05) is 30.3 Å². The second-order valence-electron chi connectivity index (χ2n) is 5.36. The van der Waals surface area contributed by atoms with Crippen LogP contribution in [0.2, 0.25) is 0 Å². The summed E-state index contributed by atoms with van der Waals surface area (Å²) in [5.41, 5.74) is 2.39. The van der Waals surface area contributed by atoms with Gasteiger partial charge in [-0.15, -0.1) is 0 Å². The van der Waals surface area contributed by atoms with Crippen LogP contribution in [0.25, 0.3) is 0 Å². The average Bonchev–Trinajstić information content (AvgIpc) is 2.49. The van der Waals surface area contributed by atoms with Crippen LogP contribution in [0.15, 0.2) is 42.0 Å². The molecule has 1 atom stereocenters. The van der Waals surface area contributed by atoms with Gasteiger partial charge < -0.3 is 10.4 Å². The van der Waals surface area contributed by atoms with Gasteiger partial charge in [0.25, 0.3) is 0 Å². The molecule has 3 nitrogen and oxygen atoms in total. The minimum atomic E-state index is -0.763. The molecule has 0 amide bonds. The Kier molecular flexibility index (Phi) is 5.81. The Bertz CT molecular complexity index is 453. The summed E-state index contributed by atoms with van der Waals surface area (Å²) in [6, 6.07) is 9.44.